The lowest BCUT2D eigenvalue weighted by Crippen LogP contribution is -2.37. The van der Waals surface area contributed by atoms with Gasteiger partial charge in [-0.25, -0.2) is 0 Å². The summed E-state index contributed by atoms with van der Waals surface area (Å²) in [6.45, 7) is 0.632. The molecule has 0 radical (unpaired) electrons. The molecule has 0 bridgehead atoms. The lowest BCUT2D eigenvalue weighted by atomic mass is 10.1. The normalized spacial score (nSPS) is 34.5. The van der Waals surface area contributed by atoms with E-state index in [0.29, 0.717) is 6.42 Å². The van der Waals surface area contributed by atoms with Crippen molar-refractivity contribution < 1.29 is 9.13 Å². The van der Waals surface area contributed by atoms with E-state index in [9.17, 15) is 4.39 Å². The first kappa shape index (κ1) is 8.21. The fraction of sp³-hybridized carbons (Fsp3) is 1.00. The van der Waals surface area contributed by atoms with E-state index >= 15 is 0 Å². The van der Waals surface area contributed by atoms with Crippen LogP contribution in [0.3, 0.4) is 0 Å². The second kappa shape index (κ2) is 3.48. The summed E-state index contributed by atoms with van der Waals surface area (Å²) < 4.78 is 17.5. The van der Waals surface area contributed by atoms with Gasteiger partial charge in [0, 0.05) is 23.3 Å². The molecule has 1 atom stereocenters. The first-order valence-electron chi connectivity index (χ1n) is 3.97. The smallest absolute Gasteiger partial charge is 0.0918 e. The summed E-state index contributed by atoms with van der Waals surface area (Å²) in [5.74, 6) is 0. The Labute approximate surface area is 64.4 Å². The first-order valence-corrected chi connectivity index (χ1v) is 4.97. The van der Waals surface area contributed by atoms with E-state index in [1.165, 1.54) is 6.42 Å². The van der Waals surface area contributed by atoms with Crippen LogP contribution in [0.15, 0.2) is 0 Å². The highest BCUT2D eigenvalue weighted by Gasteiger charge is 2.26. The maximum absolute atomic E-state index is 12.0. The fourth-order valence-electron chi connectivity index (χ4n) is 1.39. The molecule has 10 heavy (non-hydrogen) atoms. The van der Waals surface area contributed by atoms with Crippen molar-refractivity contribution in [1.29, 1.82) is 0 Å². The van der Waals surface area contributed by atoms with E-state index in [-0.39, 0.29) is 11.9 Å². The summed E-state index contributed by atoms with van der Waals surface area (Å²) in [6, 6.07) is 0. The van der Waals surface area contributed by atoms with Crippen LogP contribution in [0.2, 0.25) is 0 Å². The van der Waals surface area contributed by atoms with Gasteiger partial charge in [0.05, 0.1) is 11.9 Å². The van der Waals surface area contributed by atoms with Crippen molar-refractivity contribution in [3.8, 4) is 0 Å². The van der Waals surface area contributed by atoms with E-state index in [1.807, 2.05) is 0 Å². The van der Waals surface area contributed by atoms with Gasteiger partial charge in [-0.05, 0) is 19.3 Å². The highest BCUT2D eigenvalue weighted by atomic mass is 28.1. The molecule has 1 unspecified atom stereocenters. The summed E-state index contributed by atoms with van der Waals surface area (Å²) in [4.78, 5) is 0. The van der Waals surface area contributed by atoms with Gasteiger partial charge in [-0.15, -0.1) is 0 Å². The number of halogens is 1. The average Bonchev–Trinajstić information content (AvgIpc) is 1.89. The Balaban J connectivity index is 2.32. The highest BCUT2D eigenvalue weighted by Crippen LogP contribution is 2.24. The SMILES string of the molecule is FCCC1([SiH3])CCCCO1. The van der Waals surface area contributed by atoms with E-state index in [1.54, 1.807) is 0 Å². The van der Waals surface area contributed by atoms with Crippen molar-refractivity contribution in [3.63, 3.8) is 0 Å². The number of hydrogen-bond acceptors (Lipinski definition) is 1. The van der Waals surface area contributed by atoms with Gasteiger partial charge in [-0.1, -0.05) is 0 Å². The Hall–Kier alpha value is 0.107. The minimum absolute atomic E-state index is 0.00694. The molecule has 0 aromatic heterocycles. The molecule has 0 spiro atoms. The molecule has 1 fully saturated rings. The Morgan fingerprint density at radius 1 is 1.50 bits per heavy atom. The van der Waals surface area contributed by atoms with Gasteiger partial charge in [-0.3, -0.25) is 4.39 Å². The Morgan fingerprint density at radius 3 is 2.80 bits per heavy atom. The zero-order chi connectivity index (χ0) is 7.45. The van der Waals surface area contributed by atoms with Gasteiger partial charge in [0.1, 0.15) is 0 Å². The van der Waals surface area contributed by atoms with Crippen LogP contribution in [0, 0.1) is 0 Å². The number of rotatable bonds is 2. The van der Waals surface area contributed by atoms with E-state index in [4.69, 9.17) is 4.74 Å². The van der Waals surface area contributed by atoms with Crippen LogP contribution in [-0.2, 0) is 4.74 Å². The number of ether oxygens (including phenoxy) is 1. The second-order valence-electron chi connectivity index (χ2n) is 3.19. The van der Waals surface area contributed by atoms with Crippen LogP contribution in [0.25, 0.3) is 0 Å². The van der Waals surface area contributed by atoms with E-state index in [2.05, 4.69) is 0 Å². The molecule has 0 N–H and O–H groups in total. The molecular weight excluding hydrogens is 147 g/mol. The van der Waals surface area contributed by atoms with Crippen LogP contribution < -0.4 is 0 Å². The monoisotopic (exact) mass is 162 g/mol. The predicted molar refractivity (Wildman–Crippen MR) is 43.1 cm³/mol. The second-order valence-corrected chi connectivity index (χ2v) is 5.02. The predicted octanol–water partition coefficient (Wildman–Crippen LogP) is 0.608. The minimum atomic E-state index is -0.219. The zero-order valence-corrected chi connectivity index (χ0v) is 8.53. The third-order valence-electron chi connectivity index (χ3n) is 2.17. The van der Waals surface area contributed by atoms with Crippen molar-refractivity contribution >= 4 is 10.2 Å². The third kappa shape index (κ3) is 2.06. The van der Waals surface area contributed by atoms with Crippen LogP contribution in [0.1, 0.15) is 25.7 Å². The minimum Gasteiger partial charge on any atom is -0.379 e. The molecule has 0 amide bonds. The van der Waals surface area contributed by atoms with E-state index < -0.39 is 0 Å². The van der Waals surface area contributed by atoms with Gasteiger partial charge in [-0.2, -0.15) is 0 Å². The molecule has 0 aliphatic carbocycles. The van der Waals surface area contributed by atoms with Crippen molar-refractivity contribution in [2.75, 3.05) is 13.3 Å². The summed E-state index contributed by atoms with van der Waals surface area (Å²) in [6.07, 6.45) is 4.10. The Bertz CT molecular complexity index is 96.3. The van der Waals surface area contributed by atoms with Gasteiger partial charge in [0.2, 0.25) is 0 Å². The summed E-state index contributed by atoms with van der Waals surface area (Å²) in [5, 5.41) is -0.00694. The van der Waals surface area contributed by atoms with E-state index in [0.717, 1.165) is 29.7 Å². The number of alkyl halides is 1. The third-order valence-corrected chi connectivity index (χ3v) is 3.46. The molecule has 0 saturated carbocycles. The number of hydrogen-bond donors (Lipinski definition) is 0. The molecule has 1 heterocycles. The molecule has 1 nitrogen and oxygen atoms in total. The zero-order valence-electron chi connectivity index (χ0n) is 6.53. The average molecular weight is 162 g/mol. The maximum Gasteiger partial charge on any atom is 0.0918 e. The summed E-state index contributed by atoms with van der Waals surface area (Å²) in [7, 11) is 0.977. The Morgan fingerprint density at radius 2 is 2.30 bits per heavy atom. The van der Waals surface area contributed by atoms with Crippen molar-refractivity contribution in [2.45, 2.75) is 30.9 Å². The van der Waals surface area contributed by atoms with Gasteiger partial charge < -0.3 is 4.74 Å². The quantitative estimate of drug-likeness (QED) is 0.541. The lowest BCUT2D eigenvalue weighted by Gasteiger charge is -2.33. The molecule has 1 aliphatic heterocycles. The summed E-state index contributed by atoms with van der Waals surface area (Å²) in [5.41, 5.74) is 0. The maximum atomic E-state index is 12.0. The van der Waals surface area contributed by atoms with Crippen LogP contribution in [0.4, 0.5) is 4.39 Å². The molecule has 1 rings (SSSR count). The van der Waals surface area contributed by atoms with Gasteiger partial charge in [0.15, 0.2) is 0 Å². The lowest BCUT2D eigenvalue weighted by molar-refractivity contribution is -0.0257. The molecule has 1 aliphatic rings. The molecule has 3 heteroatoms. The molecule has 0 aromatic carbocycles. The van der Waals surface area contributed by atoms with Crippen LogP contribution >= 0.6 is 0 Å². The standard InChI is InChI=1S/C7H15FOSi/c8-5-4-7(10)3-1-2-6-9-7/h1-6H2,10H3. The molecule has 1 saturated heterocycles. The topological polar surface area (TPSA) is 9.23 Å². The van der Waals surface area contributed by atoms with Gasteiger partial charge in [0.25, 0.3) is 0 Å². The van der Waals surface area contributed by atoms with Crippen LogP contribution in [-0.4, -0.2) is 28.7 Å². The first-order chi connectivity index (χ1) is 4.77. The van der Waals surface area contributed by atoms with Crippen molar-refractivity contribution in [2.24, 2.45) is 0 Å². The molecule has 0 aromatic rings. The molecule has 60 valence electrons. The van der Waals surface area contributed by atoms with Crippen LogP contribution in [0.5, 0.6) is 0 Å². The largest absolute Gasteiger partial charge is 0.379 e. The Kier molecular flexibility index (Phi) is 2.86. The van der Waals surface area contributed by atoms with Gasteiger partial charge >= 0.3 is 0 Å². The van der Waals surface area contributed by atoms with Crippen molar-refractivity contribution in [1.82, 2.24) is 0 Å². The molecular formula is C7H15FOSi. The summed E-state index contributed by atoms with van der Waals surface area (Å²) >= 11 is 0. The fourth-order valence-corrected chi connectivity index (χ4v) is 2.14. The van der Waals surface area contributed by atoms with Crippen molar-refractivity contribution in [3.05, 3.63) is 0 Å². The highest BCUT2D eigenvalue weighted by molar-refractivity contribution is 6.14.